The van der Waals surface area contributed by atoms with Gasteiger partial charge in [-0.05, 0) is 12.1 Å². The molecule has 0 aliphatic rings. The Kier molecular flexibility index (Phi) is 4.46. The SMILES string of the molecule is Nc1nccnc1SCC(=O)Nc1cc(F)ccc1F. The monoisotopic (exact) mass is 296 g/mol. The first-order valence-electron chi connectivity index (χ1n) is 5.50. The molecule has 0 atom stereocenters. The molecule has 0 aliphatic heterocycles. The third-order valence-corrected chi connectivity index (χ3v) is 3.23. The van der Waals surface area contributed by atoms with Crippen LogP contribution in [-0.4, -0.2) is 21.6 Å². The van der Waals surface area contributed by atoms with Crippen molar-refractivity contribution in [2.45, 2.75) is 5.03 Å². The molecule has 0 bridgehead atoms. The highest BCUT2D eigenvalue weighted by Crippen LogP contribution is 2.20. The average molecular weight is 296 g/mol. The van der Waals surface area contributed by atoms with E-state index in [-0.39, 0.29) is 17.3 Å². The van der Waals surface area contributed by atoms with Gasteiger partial charge >= 0.3 is 0 Å². The third kappa shape index (κ3) is 3.64. The van der Waals surface area contributed by atoms with Gasteiger partial charge in [0.1, 0.15) is 16.7 Å². The maximum atomic E-state index is 13.3. The highest BCUT2D eigenvalue weighted by Gasteiger charge is 2.10. The number of nitrogens with zero attached hydrogens (tertiary/aromatic N) is 2. The van der Waals surface area contributed by atoms with Gasteiger partial charge in [0.05, 0.1) is 11.4 Å². The Labute approximate surface area is 117 Å². The van der Waals surface area contributed by atoms with Gasteiger partial charge in [0.15, 0.2) is 5.82 Å². The van der Waals surface area contributed by atoms with E-state index in [4.69, 9.17) is 5.73 Å². The average Bonchev–Trinajstić information content (AvgIpc) is 2.42. The van der Waals surface area contributed by atoms with Gasteiger partial charge in [-0.1, -0.05) is 11.8 Å². The summed E-state index contributed by atoms with van der Waals surface area (Å²) >= 11 is 1.06. The molecule has 0 saturated heterocycles. The number of hydrogen-bond donors (Lipinski definition) is 2. The van der Waals surface area contributed by atoms with E-state index in [1.807, 2.05) is 0 Å². The summed E-state index contributed by atoms with van der Waals surface area (Å²) in [6.45, 7) is 0. The molecule has 0 aliphatic carbocycles. The van der Waals surface area contributed by atoms with Crippen LogP contribution >= 0.6 is 11.8 Å². The molecular formula is C12H10F2N4OS. The first-order chi connectivity index (χ1) is 9.56. The van der Waals surface area contributed by atoms with Crippen molar-refractivity contribution in [2.75, 3.05) is 16.8 Å². The van der Waals surface area contributed by atoms with Gasteiger partial charge < -0.3 is 11.1 Å². The minimum absolute atomic E-state index is 0.0428. The minimum Gasteiger partial charge on any atom is -0.381 e. The summed E-state index contributed by atoms with van der Waals surface area (Å²) in [4.78, 5) is 19.4. The van der Waals surface area contributed by atoms with Gasteiger partial charge in [-0.15, -0.1) is 0 Å². The van der Waals surface area contributed by atoms with Crippen LogP contribution in [0.25, 0.3) is 0 Å². The van der Waals surface area contributed by atoms with Crippen molar-refractivity contribution in [1.82, 2.24) is 9.97 Å². The van der Waals surface area contributed by atoms with Crippen LogP contribution in [0.4, 0.5) is 20.3 Å². The molecule has 1 aromatic carbocycles. The van der Waals surface area contributed by atoms with E-state index >= 15 is 0 Å². The summed E-state index contributed by atoms with van der Waals surface area (Å²) < 4.78 is 26.3. The number of thioether (sulfide) groups is 1. The van der Waals surface area contributed by atoms with Crippen molar-refractivity contribution < 1.29 is 13.6 Å². The quantitative estimate of drug-likeness (QED) is 0.844. The van der Waals surface area contributed by atoms with Gasteiger partial charge in [0, 0.05) is 18.5 Å². The predicted molar refractivity (Wildman–Crippen MR) is 72.2 cm³/mol. The maximum Gasteiger partial charge on any atom is 0.234 e. The van der Waals surface area contributed by atoms with E-state index in [0.717, 1.165) is 30.0 Å². The van der Waals surface area contributed by atoms with Crippen LogP contribution in [0.2, 0.25) is 0 Å². The van der Waals surface area contributed by atoms with Gasteiger partial charge in [0.25, 0.3) is 0 Å². The number of nitrogens with one attached hydrogen (secondary N) is 1. The molecule has 3 N–H and O–H groups in total. The first-order valence-corrected chi connectivity index (χ1v) is 6.49. The van der Waals surface area contributed by atoms with Crippen LogP contribution in [0, 0.1) is 11.6 Å². The van der Waals surface area contributed by atoms with Crippen molar-refractivity contribution >= 4 is 29.2 Å². The number of carbonyl (C=O) groups is 1. The van der Waals surface area contributed by atoms with Crippen molar-refractivity contribution in [3.8, 4) is 0 Å². The Hall–Kier alpha value is -2.22. The summed E-state index contributed by atoms with van der Waals surface area (Å²) in [7, 11) is 0. The second-order valence-electron chi connectivity index (χ2n) is 3.71. The Balaban J connectivity index is 1.96. The predicted octanol–water partition coefficient (Wildman–Crippen LogP) is 2.07. The lowest BCUT2D eigenvalue weighted by atomic mass is 10.3. The van der Waals surface area contributed by atoms with Crippen LogP contribution in [0.1, 0.15) is 0 Å². The second-order valence-corrected chi connectivity index (χ2v) is 4.67. The number of amides is 1. The highest BCUT2D eigenvalue weighted by atomic mass is 32.2. The van der Waals surface area contributed by atoms with Crippen LogP contribution in [0.15, 0.2) is 35.6 Å². The van der Waals surface area contributed by atoms with Crippen LogP contribution in [0.3, 0.4) is 0 Å². The number of hydrogen-bond acceptors (Lipinski definition) is 5. The topological polar surface area (TPSA) is 80.9 Å². The van der Waals surface area contributed by atoms with Crippen molar-refractivity contribution in [3.63, 3.8) is 0 Å². The van der Waals surface area contributed by atoms with E-state index in [9.17, 15) is 13.6 Å². The fourth-order valence-corrected chi connectivity index (χ4v) is 2.04. The molecule has 5 nitrogen and oxygen atoms in total. The number of aromatic nitrogens is 2. The molecule has 2 rings (SSSR count). The molecule has 0 spiro atoms. The summed E-state index contributed by atoms with van der Waals surface area (Å²) in [5.74, 6) is -1.66. The normalized spacial score (nSPS) is 10.3. The molecule has 0 saturated carbocycles. The largest absolute Gasteiger partial charge is 0.381 e. The smallest absolute Gasteiger partial charge is 0.234 e. The highest BCUT2D eigenvalue weighted by molar-refractivity contribution is 8.00. The standard InChI is InChI=1S/C12H10F2N4OS/c13-7-1-2-8(14)9(5-7)18-10(19)6-20-12-11(15)16-3-4-17-12/h1-5H,6H2,(H2,15,16)(H,18,19). The number of rotatable bonds is 4. The number of nitrogens with two attached hydrogens (primary N) is 1. The second kappa shape index (κ2) is 6.29. The molecule has 0 radical (unpaired) electrons. The molecule has 0 unspecified atom stereocenters. The number of halogens is 2. The summed E-state index contributed by atoms with van der Waals surface area (Å²) in [5, 5.41) is 2.68. The zero-order valence-corrected chi connectivity index (χ0v) is 11.0. The summed E-state index contributed by atoms with van der Waals surface area (Å²) in [6, 6.07) is 2.83. The number of benzene rings is 1. The zero-order valence-electron chi connectivity index (χ0n) is 10.1. The molecule has 1 amide bonds. The van der Waals surface area contributed by atoms with Crippen molar-refractivity contribution in [3.05, 3.63) is 42.2 Å². The fourth-order valence-electron chi connectivity index (χ4n) is 1.36. The van der Waals surface area contributed by atoms with Crippen LogP contribution in [-0.2, 0) is 4.79 Å². The lowest BCUT2D eigenvalue weighted by Gasteiger charge is -2.06. The number of anilines is 2. The Morgan fingerprint density at radius 2 is 2.05 bits per heavy atom. The Morgan fingerprint density at radius 3 is 2.80 bits per heavy atom. The van der Waals surface area contributed by atoms with Crippen molar-refractivity contribution in [2.24, 2.45) is 0 Å². The summed E-state index contributed by atoms with van der Waals surface area (Å²) in [6.07, 6.45) is 2.88. The lowest BCUT2D eigenvalue weighted by Crippen LogP contribution is -2.15. The summed E-state index contributed by atoms with van der Waals surface area (Å²) in [5.41, 5.74) is 5.36. The van der Waals surface area contributed by atoms with Gasteiger partial charge in [-0.25, -0.2) is 18.7 Å². The lowest BCUT2D eigenvalue weighted by molar-refractivity contribution is -0.113. The Bertz CT molecular complexity index is 639. The van der Waals surface area contributed by atoms with E-state index in [2.05, 4.69) is 15.3 Å². The molecule has 8 heteroatoms. The van der Waals surface area contributed by atoms with Gasteiger partial charge in [0.2, 0.25) is 5.91 Å². The van der Waals surface area contributed by atoms with Crippen LogP contribution in [0.5, 0.6) is 0 Å². The minimum atomic E-state index is -0.705. The van der Waals surface area contributed by atoms with Crippen LogP contribution < -0.4 is 11.1 Å². The zero-order chi connectivity index (χ0) is 14.5. The van der Waals surface area contributed by atoms with Crippen molar-refractivity contribution in [1.29, 1.82) is 0 Å². The molecular weight excluding hydrogens is 286 g/mol. The maximum absolute atomic E-state index is 13.3. The van der Waals surface area contributed by atoms with E-state index in [0.29, 0.717) is 5.03 Å². The third-order valence-electron chi connectivity index (χ3n) is 2.23. The molecule has 0 fully saturated rings. The van der Waals surface area contributed by atoms with E-state index < -0.39 is 17.5 Å². The molecule has 1 heterocycles. The van der Waals surface area contributed by atoms with Gasteiger partial charge in [-0.3, -0.25) is 4.79 Å². The number of nitrogen functional groups attached to an aromatic ring is 1. The Morgan fingerprint density at radius 1 is 1.30 bits per heavy atom. The molecule has 2 aromatic rings. The van der Waals surface area contributed by atoms with Gasteiger partial charge in [-0.2, -0.15) is 0 Å². The van der Waals surface area contributed by atoms with E-state index in [1.165, 1.54) is 12.4 Å². The van der Waals surface area contributed by atoms with E-state index in [1.54, 1.807) is 0 Å². The first kappa shape index (κ1) is 14.2. The fraction of sp³-hybridized carbons (Fsp3) is 0.0833. The molecule has 20 heavy (non-hydrogen) atoms. The molecule has 1 aromatic heterocycles. The molecule has 104 valence electrons. The number of carbonyl (C=O) groups excluding carboxylic acids is 1.